The molecule has 2 unspecified atom stereocenters. The van der Waals surface area contributed by atoms with E-state index in [1.165, 1.54) is 0 Å². The topological polar surface area (TPSA) is 78.9 Å². The molecule has 0 aromatic heterocycles. The molecule has 0 fully saturated rings. The maximum atomic E-state index is 12.1. The minimum absolute atomic E-state index is 0.0969. The van der Waals surface area contributed by atoms with E-state index in [1.54, 1.807) is 12.0 Å². The van der Waals surface area contributed by atoms with Crippen LogP contribution in [0.1, 0.15) is 40.0 Å². The summed E-state index contributed by atoms with van der Waals surface area (Å²) in [4.78, 5) is 24.9. The quantitative estimate of drug-likeness (QED) is 0.644. The average Bonchev–Trinajstić information content (AvgIpc) is 2.42. The third kappa shape index (κ3) is 6.75. The number of aliphatic carboxylic acids is 1. The minimum atomic E-state index is -0.862. The first kappa shape index (κ1) is 18.7. The molecule has 6 nitrogen and oxygen atoms in total. The lowest BCUT2D eigenvalue weighted by Gasteiger charge is -2.29. The normalized spacial score (nSPS) is 13.6. The molecule has 0 aliphatic rings. The number of ether oxygens (including phenoxy) is 1. The molecule has 0 aromatic carbocycles. The second-order valence-corrected chi connectivity index (χ2v) is 4.95. The maximum Gasteiger partial charge on any atom is 0.317 e. The molecule has 2 N–H and O–H groups in total. The van der Waals surface area contributed by atoms with Crippen LogP contribution in [0.15, 0.2) is 0 Å². The first-order chi connectivity index (χ1) is 9.47. The highest BCUT2D eigenvalue weighted by Crippen LogP contribution is 2.07. The van der Waals surface area contributed by atoms with Crippen LogP contribution in [0.2, 0.25) is 0 Å². The molecule has 0 radical (unpaired) electrons. The number of urea groups is 1. The summed E-state index contributed by atoms with van der Waals surface area (Å²) in [5, 5.41) is 11.8. The number of amides is 2. The highest BCUT2D eigenvalue weighted by molar-refractivity contribution is 5.76. The second-order valence-electron chi connectivity index (χ2n) is 4.95. The van der Waals surface area contributed by atoms with Gasteiger partial charge in [0.15, 0.2) is 0 Å². The molecule has 0 heterocycles. The summed E-state index contributed by atoms with van der Waals surface area (Å²) < 4.78 is 5.00. The van der Waals surface area contributed by atoms with Gasteiger partial charge >= 0.3 is 12.0 Å². The monoisotopic (exact) mass is 288 g/mol. The van der Waals surface area contributed by atoms with Crippen molar-refractivity contribution in [1.82, 2.24) is 10.2 Å². The van der Waals surface area contributed by atoms with Crippen LogP contribution in [0.3, 0.4) is 0 Å². The summed E-state index contributed by atoms with van der Waals surface area (Å²) >= 11 is 0. The van der Waals surface area contributed by atoms with E-state index in [0.29, 0.717) is 19.6 Å². The number of carbonyl (C=O) groups is 2. The van der Waals surface area contributed by atoms with Crippen LogP contribution < -0.4 is 5.32 Å². The Labute approximate surface area is 121 Å². The van der Waals surface area contributed by atoms with Gasteiger partial charge in [0.2, 0.25) is 0 Å². The van der Waals surface area contributed by atoms with Gasteiger partial charge in [-0.1, -0.05) is 20.3 Å². The zero-order valence-corrected chi connectivity index (χ0v) is 13.0. The Morgan fingerprint density at radius 3 is 2.45 bits per heavy atom. The van der Waals surface area contributed by atoms with Gasteiger partial charge in [-0.3, -0.25) is 4.79 Å². The highest BCUT2D eigenvalue weighted by atomic mass is 16.5. The van der Waals surface area contributed by atoms with Crippen LogP contribution in [0.25, 0.3) is 0 Å². The number of hydrogen-bond acceptors (Lipinski definition) is 3. The number of nitrogens with one attached hydrogen (secondary N) is 1. The summed E-state index contributed by atoms with van der Waals surface area (Å²) in [6.45, 7) is 7.05. The van der Waals surface area contributed by atoms with Crippen molar-refractivity contribution in [3.8, 4) is 0 Å². The van der Waals surface area contributed by atoms with Gasteiger partial charge in [0.1, 0.15) is 0 Å². The van der Waals surface area contributed by atoms with Crippen molar-refractivity contribution in [3.63, 3.8) is 0 Å². The Bertz CT molecular complexity index is 297. The summed E-state index contributed by atoms with van der Waals surface area (Å²) in [6, 6.07) is -0.127. The summed E-state index contributed by atoms with van der Waals surface area (Å²) in [5.74, 6) is -1.38. The fourth-order valence-electron chi connectivity index (χ4n) is 1.91. The molecule has 0 aliphatic carbocycles. The zero-order valence-electron chi connectivity index (χ0n) is 13.0. The van der Waals surface area contributed by atoms with E-state index < -0.39 is 11.9 Å². The number of carboxylic acid groups (broad SMARTS) is 1. The van der Waals surface area contributed by atoms with E-state index in [9.17, 15) is 9.59 Å². The fraction of sp³-hybridized carbons (Fsp3) is 0.857. The largest absolute Gasteiger partial charge is 0.481 e. The van der Waals surface area contributed by atoms with E-state index in [4.69, 9.17) is 9.84 Å². The number of rotatable bonds is 10. The lowest BCUT2D eigenvalue weighted by atomic mass is 10.0. The van der Waals surface area contributed by atoms with Crippen molar-refractivity contribution < 1.29 is 19.4 Å². The Kier molecular flexibility index (Phi) is 9.80. The molecule has 0 bridgehead atoms. The van der Waals surface area contributed by atoms with Crippen molar-refractivity contribution in [1.29, 1.82) is 0 Å². The zero-order chi connectivity index (χ0) is 15.5. The molecular formula is C14H28N2O4. The smallest absolute Gasteiger partial charge is 0.317 e. The SMILES string of the molecule is CCCC(CNC(=O)N(CCOC)C(C)CC)C(=O)O. The van der Waals surface area contributed by atoms with Crippen molar-refractivity contribution in [2.45, 2.75) is 46.1 Å². The Morgan fingerprint density at radius 1 is 1.35 bits per heavy atom. The van der Waals surface area contributed by atoms with Gasteiger partial charge < -0.3 is 20.1 Å². The lowest BCUT2D eigenvalue weighted by Crippen LogP contribution is -2.48. The van der Waals surface area contributed by atoms with Crippen LogP contribution in [0.4, 0.5) is 4.79 Å². The molecular weight excluding hydrogens is 260 g/mol. The van der Waals surface area contributed by atoms with Crippen molar-refractivity contribution in [2.24, 2.45) is 5.92 Å². The van der Waals surface area contributed by atoms with Crippen LogP contribution in [-0.2, 0) is 9.53 Å². The molecule has 0 saturated heterocycles. The van der Waals surface area contributed by atoms with Crippen LogP contribution >= 0.6 is 0 Å². The summed E-state index contributed by atoms with van der Waals surface area (Å²) in [6.07, 6.45) is 2.19. The lowest BCUT2D eigenvalue weighted by molar-refractivity contribution is -0.141. The van der Waals surface area contributed by atoms with Gasteiger partial charge in [0.25, 0.3) is 0 Å². The number of carboxylic acids is 1. The predicted octanol–water partition coefficient (Wildman–Crippen LogP) is 1.94. The first-order valence-electron chi connectivity index (χ1n) is 7.24. The van der Waals surface area contributed by atoms with Gasteiger partial charge in [-0.25, -0.2) is 4.79 Å². The minimum Gasteiger partial charge on any atom is -0.481 e. The van der Waals surface area contributed by atoms with E-state index in [1.807, 2.05) is 20.8 Å². The summed E-state index contributed by atoms with van der Waals surface area (Å²) in [5.41, 5.74) is 0. The van der Waals surface area contributed by atoms with Gasteiger partial charge in [-0.05, 0) is 19.8 Å². The molecule has 2 amide bonds. The summed E-state index contributed by atoms with van der Waals surface area (Å²) in [7, 11) is 1.59. The number of nitrogens with zero attached hydrogens (tertiary/aromatic N) is 1. The number of carbonyl (C=O) groups excluding carboxylic acids is 1. The molecule has 2 atom stereocenters. The predicted molar refractivity (Wildman–Crippen MR) is 77.8 cm³/mol. The van der Waals surface area contributed by atoms with Crippen LogP contribution in [0, 0.1) is 5.92 Å². The van der Waals surface area contributed by atoms with Crippen molar-refractivity contribution in [3.05, 3.63) is 0 Å². The molecule has 0 aliphatic heterocycles. The number of hydrogen-bond donors (Lipinski definition) is 2. The van der Waals surface area contributed by atoms with Gasteiger partial charge in [-0.2, -0.15) is 0 Å². The molecule has 0 aromatic rings. The van der Waals surface area contributed by atoms with Gasteiger partial charge in [-0.15, -0.1) is 0 Å². The molecule has 0 saturated carbocycles. The molecule has 118 valence electrons. The maximum absolute atomic E-state index is 12.1. The van der Waals surface area contributed by atoms with Crippen LogP contribution in [0.5, 0.6) is 0 Å². The van der Waals surface area contributed by atoms with Gasteiger partial charge in [0, 0.05) is 26.2 Å². The Morgan fingerprint density at radius 2 is 2.00 bits per heavy atom. The molecule has 0 rings (SSSR count). The van der Waals surface area contributed by atoms with Crippen LogP contribution in [-0.4, -0.2) is 54.9 Å². The highest BCUT2D eigenvalue weighted by Gasteiger charge is 2.21. The van der Waals surface area contributed by atoms with E-state index in [0.717, 1.165) is 12.8 Å². The van der Waals surface area contributed by atoms with E-state index >= 15 is 0 Å². The number of methoxy groups -OCH3 is 1. The Hall–Kier alpha value is -1.30. The van der Waals surface area contributed by atoms with Crippen molar-refractivity contribution >= 4 is 12.0 Å². The van der Waals surface area contributed by atoms with E-state index in [-0.39, 0.29) is 18.6 Å². The van der Waals surface area contributed by atoms with Crippen molar-refractivity contribution in [2.75, 3.05) is 26.8 Å². The standard InChI is InChI=1S/C14H28N2O4/c1-5-7-12(13(17)18)10-15-14(19)16(8-9-20-4)11(3)6-2/h11-12H,5-10H2,1-4H3,(H,15,19)(H,17,18). The fourth-order valence-corrected chi connectivity index (χ4v) is 1.91. The molecule has 6 heteroatoms. The first-order valence-corrected chi connectivity index (χ1v) is 7.24. The average molecular weight is 288 g/mol. The third-order valence-corrected chi connectivity index (χ3v) is 3.41. The third-order valence-electron chi connectivity index (χ3n) is 3.41. The van der Waals surface area contributed by atoms with E-state index in [2.05, 4.69) is 5.32 Å². The molecule has 0 spiro atoms. The molecule has 20 heavy (non-hydrogen) atoms. The Balaban J connectivity index is 4.46. The second kappa shape index (κ2) is 10.5. The van der Waals surface area contributed by atoms with Gasteiger partial charge in [0.05, 0.1) is 12.5 Å².